The van der Waals surface area contributed by atoms with Gasteiger partial charge in [0.25, 0.3) is 0 Å². The Hall–Kier alpha value is -3.91. The molecule has 1 aromatic heterocycles. The molecule has 10 nitrogen and oxygen atoms in total. The Morgan fingerprint density at radius 3 is 2.74 bits per heavy atom. The Bertz CT molecular complexity index is 2010. The summed E-state index contributed by atoms with van der Waals surface area (Å²) in [5.41, 5.74) is 0.692. The van der Waals surface area contributed by atoms with Gasteiger partial charge in [-0.05, 0) is 84.5 Å². The summed E-state index contributed by atoms with van der Waals surface area (Å²) < 4.78 is 67.7. The summed E-state index contributed by atoms with van der Waals surface area (Å²) in [6, 6.07) is 8.75. The van der Waals surface area contributed by atoms with Crippen molar-refractivity contribution in [3.8, 4) is 28.6 Å². The van der Waals surface area contributed by atoms with Gasteiger partial charge < -0.3 is 34.9 Å². The largest absolute Gasteiger partial charge is 0.508 e. The first-order valence-corrected chi connectivity index (χ1v) is 19.3. The highest BCUT2D eigenvalue weighted by molar-refractivity contribution is 6.05. The van der Waals surface area contributed by atoms with E-state index < -0.39 is 17.8 Å². The average molecular weight is 733 g/mol. The van der Waals surface area contributed by atoms with Crippen LogP contribution in [0.3, 0.4) is 0 Å². The molecule has 0 spiro atoms. The van der Waals surface area contributed by atoms with Crippen LogP contribution in [0.4, 0.5) is 19.0 Å². The molecule has 6 unspecified atom stereocenters. The quantitative estimate of drug-likeness (QED) is 0.230. The molecule has 4 saturated heterocycles. The van der Waals surface area contributed by atoms with E-state index in [-0.39, 0.29) is 83.3 Å². The molecule has 5 aliphatic heterocycles. The number of alkyl halides is 1. The number of aromatic hydroxyl groups is 1. The maximum Gasteiger partial charge on any atom is 0.319 e. The topological polar surface area (TPSA) is 104 Å². The standard InChI is InChI=1S/C40H47F3N6O4/c1-2-24-4-3-5-25-14-28(50)15-29(32(24)25)33-35(42)37-34-38(36(33)43)52-21-31-30-7-6-27(45-30)19-49(31)39(34)47-40(46-37)53-20-22-12-23(16-44-17-26(41)13-22)18-48-8-10-51-11-9-48/h3-5,14-15,22-23,26-27,30-31,44-45,50H,2,6-13,16-21H2,1H3. The first-order valence-electron chi connectivity index (χ1n) is 19.3. The second-order valence-electron chi connectivity index (χ2n) is 15.5. The lowest BCUT2D eigenvalue weighted by atomic mass is 9.88. The Labute approximate surface area is 307 Å². The van der Waals surface area contributed by atoms with E-state index in [4.69, 9.17) is 19.2 Å². The summed E-state index contributed by atoms with van der Waals surface area (Å²) in [5, 5.41) is 19.3. The number of nitrogens with zero attached hydrogens (tertiary/aromatic N) is 4. The number of ether oxygens (including phenoxy) is 3. The van der Waals surface area contributed by atoms with Crippen LogP contribution >= 0.6 is 0 Å². The minimum atomic E-state index is -1.03. The second kappa shape index (κ2) is 14.4. The molecule has 2 bridgehead atoms. The monoisotopic (exact) mass is 732 g/mol. The molecule has 0 amide bonds. The molecule has 0 radical (unpaired) electrons. The zero-order valence-electron chi connectivity index (χ0n) is 30.1. The van der Waals surface area contributed by atoms with E-state index in [2.05, 4.69) is 25.4 Å². The van der Waals surface area contributed by atoms with Gasteiger partial charge in [0.15, 0.2) is 17.4 Å². The van der Waals surface area contributed by atoms with Crippen LogP contribution in [0.5, 0.6) is 17.5 Å². The number of piperazine rings is 1. The van der Waals surface area contributed by atoms with E-state index in [9.17, 15) is 5.11 Å². The number of rotatable bonds is 7. The molecule has 13 heteroatoms. The Morgan fingerprint density at radius 2 is 1.89 bits per heavy atom. The molecule has 6 atom stereocenters. The normalized spacial score (nSPS) is 27.6. The third kappa shape index (κ3) is 6.53. The predicted octanol–water partition coefficient (Wildman–Crippen LogP) is 5.36. The molecule has 53 heavy (non-hydrogen) atoms. The minimum absolute atomic E-state index is 0.0308. The lowest BCUT2D eigenvalue weighted by Crippen LogP contribution is -2.60. The van der Waals surface area contributed by atoms with Crippen LogP contribution in [-0.2, 0) is 11.2 Å². The van der Waals surface area contributed by atoms with Gasteiger partial charge in [-0.1, -0.05) is 25.1 Å². The third-order valence-electron chi connectivity index (χ3n) is 12.0. The van der Waals surface area contributed by atoms with Crippen molar-refractivity contribution in [2.45, 2.75) is 63.3 Å². The molecule has 3 N–H and O–H groups in total. The van der Waals surface area contributed by atoms with Gasteiger partial charge in [-0.15, -0.1) is 0 Å². The van der Waals surface area contributed by atoms with Crippen molar-refractivity contribution < 1.29 is 32.5 Å². The van der Waals surface area contributed by atoms with Gasteiger partial charge in [0, 0.05) is 44.8 Å². The Kier molecular flexibility index (Phi) is 9.46. The molecule has 0 saturated carbocycles. The van der Waals surface area contributed by atoms with Gasteiger partial charge >= 0.3 is 6.01 Å². The molecule has 3 aromatic carbocycles. The van der Waals surface area contributed by atoms with Crippen LogP contribution in [-0.4, -0.2) is 110 Å². The lowest BCUT2D eigenvalue weighted by molar-refractivity contribution is 0.0261. The third-order valence-corrected chi connectivity index (χ3v) is 12.0. The number of fused-ring (bicyclic) bond motifs is 6. The van der Waals surface area contributed by atoms with E-state index in [1.54, 1.807) is 6.07 Å². The van der Waals surface area contributed by atoms with Gasteiger partial charge in [-0.3, -0.25) is 4.90 Å². The molecule has 4 fully saturated rings. The van der Waals surface area contributed by atoms with Crippen molar-refractivity contribution in [1.29, 1.82) is 0 Å². The summed E-state index contributed by atoms with van der Waals surface area (Å²) in [5.74, 6) is -1.38. The predicted molar refractivity (Wildman–Crippen MR) is 197 cm³/mol. The number of phenols is 1. The summed E-state index contributed by atoms with van der Waals surface area (Å²) in [6.07, 6.45) is 2.59. The second-order valence-corrected chi connectivity index (χ2v) is 15.5. The van der Waals surface area contributed by atoms with Gasteiger partial charge in [0.05, 0.1) is 36.8 Å². The van der Waals surface area contributed by atoms with Crippen molar-refractivity contribution in [3.05, 3.63) is 47.5 Å². The zero-order valence-corrected chi connectivity index (χ0v) is 30.1. The van der Waals surface area contributed by atoms with E-state index in [1.165, 1.54) is 6.07 Å². The van der Waals surface area contributed by atoms with Crippen LogP contribution in [0.1, 0.15) is 38.2 Å². The maximum absolute atomic E-state index is 17.3. The molecule has 9 rings (SSSR count). The molecule has 282 valence electrons. The van der Waals surface area contributed by atoms with E-state index in [1.807, 2.05) is 25.1 Å². The number of anilines is 1. The van der Waals surface area contributed by atoms with Crippen LogP contribution in [0.2, 0.25) is 0 Å². The van der Waals surface area contributed by atoms with Crippen LogP contribution in [0.25, 0.3) is 32.8 Å². The molecular weight excluding hydrogens is 685 g/mol. The van der Waals surface area contributed by atoms with Crippen molar-refractivity contribution >= 4 is 27.5 Å². The van der Waals surface area contributed by atoms with Crippen LogP contribution in [0.15, 0.2) is 30.3 Å². The van der Waals surface area contributed by atoms with E-state index in [0.717, 1.165) is 44.5 Å². The summed E-state index contributed by atoms with van der Waals surface area (Å²) >= 11 is 0. The van der Waals surface area contributed by atoms with Gasteiger partial charge in [-0.2, -0.15) is 9.97 Å². The number of aromatic nitrogens is 2. The van der Waals surface area contributed by atoms with Gasteiger partial charge in [0.2, 0.25) is 0 Å². The highest BCUT2D eigenvalue weighted by atomic mass is 19.1. The molecule has 6 heterocycles. The number of morpholine rings is 1. The minimum Gasteiger partial charge on any atom is -0.508 e. The van der Waals surface area contributed by atoms with Gasteiger partial charge in [0.1, 0.15) is 29.9 Å². The van der Waals surface area contributed by atoms with Gasteiger partial charge in [-0.25, -0.2) is 13.2 Å². The Morgan fingerprint density at radius 1 is 1.02 bits per heavy atom. The molecule has 0 aliphatic carbocycles. The summed E-state index contributed by atoms with van der Waals surface area (Å²) in [4.78, 5) is 14.1. The number of phenolic OH excluding ortho intramolecular Hbond substituents is 1. The van der Waals surface area contributed by atoms with Crippen molar-refractivity contribution in [3.63, 3.8) is 0 Å². The average Bonchev–Trinajstić information content (AvgIpc) is 3.46. The van der Waals surface area contributed by atoms with E-state index in [0.29, 0.717) is 61.7 Å². The highest BCUT2D eigenvalue weighted by Gasteiger charge is 2.45. The fourth-order valence-corrected chi connectivity index (χ4v) is 9.52. The number of aryl methyl sites for hydroxylation is 1. The molecule has 5 aliphatic rings. The lowest BCUT2D eigenvalue weighted by Gasteiger charge is -2.40. The zero-order chi connectivity index (χ0) is 36.2. The smallest absolute Gasteiger partial charge is 0.319 e. The Balaban J connectivity index is 1.14. The molecule has 4 aromatic rings. The SMILES string of the molecule is CCc1cccc2cc(O)cc(-c3c(F)c4c5c(nc(OCC6CC(F)CNCC(CN7CCOCC7)C6)nc5c3F)N3CC5CCC(N5)C3CO4)c12. The molecular formula is C40H47F3N6O4. The van der Waals surface area contributed by atoms with Crippen molar-refractivity contribution in [2.24, 2.45) is 11.8 Å². The number of benzene rings is 3. The van der Waals surface area contributed by atoms with Crippen LogP contribution < -0.4 is 25.0 Å². The van der Waals surface area contributed by atoms with Crippen molar-refractivity contribution in [2.75, 3.05) is 70.6 Å². The number of nitrogens with one attached hydrogen (secondary N) is 2. The summed E-state index contributed by atoms with van der Waals surface area (Å²) in [7, 11) is 0. The number of hydrogen-bond donors (Lipinski definition) is 3. The maximum atomic E-state index is 17.3. The highest BCUT2D eigenvalue weighted by Crippen LogP contribution is 2.48. The number of halogens is 3. The van der Waals surface area contributed by atoms with E-state index >= 15 is 13.2 Å². The first kappa shape index (κ1) is 34.8. The fourth-order valence-electron chi connectivity index (χ4n) is 9.52. The fraction of sp³-hybridized carbons (Fsp3) is 0.550. The van der Waals surface area contributed by atoms with Crippen molar-refractivity contribution in [1.82, 2.24) is 25.5 Å². The van der Waals surface area contributed by atoms with Crippen LogP contribution in [0, 0.1) is 23.5 Å². The first-order chi connectivity index (χ1) is 25.8. The summed E-state index contributed by atoms with van der Waals surface area (Å²) in [6.45, 7) is 7.99. The number of hydrogen-bond acceptors (Lipinski definition) is 10.